The summed E-state index contributed by atoms with van der Waals surface area (Å²) in [5, 5.41) is 0. The summed E-state index contributed by atoms with van der Waals surface area (Å²) in [6.45, 7) is 10.4. The van der Waals surface area contributed by atoms with E-state index in [9.17, 15) is 4.79 Å². The molecule has 0 N–H and O–H groups in total. The maximum absolute atomic E-state index is 13.1. The van der Waals surface area contributed by atoms with Gasteiger partial charge in [0.2, 0.25) is 0 Å². The number of hydrogen-bond acceptors (Lipinski definition) is 3. The minimum Gasteiger partial charge on any atom is -0.348 e. The lowest BCUT2D eigenvalue weighted by molar-refractivity contribution is -0.163. The van der Waals surface area contributed by atoms with Crippen LogP contribution >= 0.6 is 0 Å². The Morgan fingerprint density at radius 2 is 1.73 bits per heavy atom. The van der Waals surface area contributed by atoms with Crippen LogP contribution in [0.15, 0.2) is 11.6 Å². The molecule has 3 unspecified atom stereocenters. The number of rotatable bonds is 3. The lowest BCUT2D eigenvalue weighted by atomic mass is 9.49. The molecule has 0 bridgehead atoms. The fourth-order valence-corrected chi connectivity index (χ4v) is 7.11. The van der Waals surface area contributed by atoms with Crippen LogP contribution in [0.2, 0.25) is 0 Å². The summed E-state index contributed by atoms with van der Waals surface area (Å²) >= 11 is 0. The zero-order valence-corrected chi connectivity index (χ0v) is 17.1. The first-order valence-electron chi connectivity index (χ1n) is 10.8. The zero-order chi connectivity index (χ0) is 18.6. The summed E-state index contributed by atoms with van der Waals surface area (Å²) in [5.74, 6) is 2.04. The van der Waals surface area contributed by atoms with Crippen LogP contribution < -0.4 is 0 Å². The SMILES string of the molecule is CC=C1CCC2C3CCC(=O)[C@@](C)(CCC4(C)OCCO4)C3CC[C@@]12C. The third kappa shape index (κ3) is 2.73. The molecule has 146 valence electrons. The lowest BCUT2D eigenvalue weighted by Crippen LogP contribution is -2.52. The Morgan fingerprint density at radius 3 is 2.42 bits per heavy atom. The van der Waals surface area contributed by atoms with Gasteiger partial charge in [-0.3, -0.25) is 4.79 Å². The van der Waals surface area contributed by atoms with E-state index in [1.807, 2.05) is 6.92 Å². The maximum Gasteiger partial charge on any atom is 0.165 e. The van der Waals surface area contributed by atoms with Crippen LogP contribution in [0.3, 0.4) is 0 Å². The second-order valence-corrected chi connectivity index (χ2v) is 9.90. The highest BCUT2D eigenvalue weighted by Crippen LogP contribution is 2.64. The first kappa shape index (κ1) is 18.7. The number of ether oxygens (including phenoxy) is 2. The van der Waals surface area contributed by atoms with Gasteiger partial charge in [-0.2, -0.15) is 0 Å². The standard InChI is InChI=1S/C23H36O3/c1-5-16-6-8-18-17-7-9-20(24)22(3,19(17)10-11-21(16,18)2)12-13-23(4)25-14-15-26-23/h5,17-19H,6-15H2,1-4H3/t17?,18?,19?,21-,22-/m0/s1. The molecule has 1 saturated heterocycles. The van der Waals surface area contributed by atoms with E-state index in [0.29, 0.717) is 36.2 Å². The lowest BCUT2D eigenvalue weighted by Gasteiger charge is -2.55. The Morgan fingerprint density at radius 1 is 1.00 bits per heavy atom. The van der Waals surface area contributed by atoms with Crippen LogP contribution in [-0.4, -0.2) is 24.8 Å². The van der Waals surface area contributed by atoms with E-state index in [4.69, 9.17) is 9.47 Å². The molecule has 1 aliphatic heterocycles. The van der Waals surface area contributed by atoms with E-state index in [-0.39, 0.29) is 5.41 Å². The van der Waals surface area contributed by atoms with Crippen molar-refractivity contribution in [3.63, 3.8) is 0 Å². The van der Waals surface area contributed by atoms with Gasteiger partial charge in [-0.15, -0.1) is 0 Å². The van der Waals surface area contributed by atoms with Gasteiger partial charge in [-0.25, -0.2) is 0 Å². The molecule has 3 aliphatic carbocycles. The van der Waals surface area contributed by atoms with Crippen molar-refractivity contribution in [3.8, 4) is 0 Å². The molecule has 4 fully saturated rings. The van der Waals surface area contributed by atoms with Gasteiger partial charge in [0.15, 0.2) is 5.79 Å². The first-order chi connectivity index (χ1) is 12.3. The summed E-state index contributed by atoms with van der Waals surface area (Å²) < 4.78 is 11.6. The van der Waals surface area contributed by atoms with Crippen molar-refractivity contribution in [2.75, 3.05) is 13.2 Å². The molecule has 5 atom stereocenters. The van der Waals surface area contributed by atoms with Gasteiger partial charge in [0.25, 0.3) is 0 Å². The Balaban J connectivity index is 1.56. The number of carbonyl (C=O) groups is 1. The molecule has 0 aromatic heterocycles. The van der Waals surface area contributed by atoms with Crippen LogP contribution in [0.5, 0.6) is 0 Å². The number of hydrogen-bond donors (Lipinski definition) is 0. The first-order valence-corrected chi connectivity index (χ1v) is 10.8. The highest BCUT2D eigenvalue weighted by molar-refractivity contribution is 5.85. The molecule has 0 amide bonds. The van der Waals surface area contributed by atoms with Crippen molar-refractivity contribution in [2.45, 2.75) is 84.8 Å². The fraction of sp³-hybridized carbons (Fsp3) is 0.870. The van der Waals surface area contributed by atoms with Gasteiger partial charge in [-0.05, 0) is 75.5 Å². The van der Waals surface area contributed by atoms with Crippen molar-refractivity contribution >= 4 is 5.78 Å². The number of fused-ring (bicyclic) bond motifs is 3. The molecular formula is C23H36O3. The zero-order valence-electron chi connectivity index (χ0n) is 17.1. The third-order valence-corrected chi connectivity index (χ3v) is 8.79. The van der Waals surface area contributed by atoms with Crippen LogP contribution in [0.1, 0.15) is 79.1 Å². The summed E-state index contributed by atoms with van der Waals surface area (Å²) in [5.41, 5.74) is 1.88. The molecular weight excluding hydrogens is 324 g/mol. The predicted molar refractivity (Wildman–Crippen MR) is 103 cm³/mol. The van der Waals surface area contributed by atoms with E-state index in [2.05, 4.69) is 26.8 Å². The van der Waals surface area contributed by atoms with E-state index in [0.717, 1.165) is 31.6 Å². The molecule has 4 rings (SSSR count). The summed E-state index contributed by atoms with van der Waals surface area (Å²) in [6.07, 6.45) is 11.1. The Kier molecular flexibility index (Phi) is 4.63. The number of allylic oxidation sites excluding steroid dienone is 2. The monoisotopic (exact) mass is 360 g/mol. The van der Waals surface area contributed by atoms with E-state index in [1.54, 1.807) is 5.57 Å². The van der Waals surface area contributed by atoms with E-state index < -0.39 is 5.79 Å². The Hall–Kier alpha value is -0.670. The number of Topliss-reactive ketones (excluding diaryl/α,β-unsaturated/α-hetero) is 1. The van der Waals surface area contributed by atoms with Gasteiger partial charge in [0, 0.05) is 18.3 Å². The van der Waals surface area contributed by atoms with Gasteiger partial charge in [0.05, 0.1) is 13.2 Å². The van der Waals surface area contributed by atoms with Gasteiger partial charge in [-0.1, -0.05) is 25.5 Å². The molecule has 1 heterocycles. The van der Waals surface area contributed by atoms with Crippen molar-refractivity contribution in [1.29, 1.82) is 0 Å². The number of carbonyl (C=O) groups excluding carboxylic acids is 1. The molecule has 0 radical (unpaired) electrons. The average Bonchev–Trinajstić information content (AvgIpc) is 3.20. The quantitative estimate of drug-likeness (QED) is 0.642. The van der Waals surface area contributed by atoms with Crippen LogP contribution in [0.4, 0.5) is 0 Å². The molecule has 3 nitrogen and oxygen atoms in total. The second-order valence-electron chi connectivity index (χ2n) is 9.90. The van der Waals surface area contributed by atoms with E-state index >= 15 is 0 Å². The van der Waals surface area contributed by atoms with Crippen molar-refractivity contribution < 1.29 is 14.3 Å². The topological polar surface area (TPSA) is 35.5 Å². The highest BCUT2D eigenvalue weighted by atomic mass is 16.7. The summed E-state index contributed by atoms with van der Waals surface area (Å²) in [6, 6.07) is 0. The summed E-state index contributed by atoms with van der Waals surface area (Å²) in [7, 11) is 0. The fourth-order valence-electron chi connectivity index (χ4n) is 7.11. The third-order valence-electron chi connectivity index (χ3n) is 8.79. The molecule has 3 heteroatoms. The Labute approximate surface area is 158 Å². The molecule has 26 heavy (non-hydrogen) atoms. The normalized spacial score (nSPS) is 46.4. The highest BCUT2D eigenvalue weighted by Gasteiger charge is 2.58. The van der Waals surface area contributed by atoms with Gasteiger partial charge >= 0.3 is 0 Å². The predicted octanol–water partition coefficient (Wildman–Crippen LogP) is 5.29. The minimum absolute atomic E-state index is 0.193. The van der Waals surface area contributed by atoms with Crippen molar-refractivity contribution in [1.82, 2.24) is 0 Å². The van der Waals surface area contributed by atoms with Crippen LogP contribution in [0, 0.1) is 28.6 Å². The molecule has 0 spiro atoms. The summed E-state index contributed by atoms with van der Waals surface area (Å²) in [4.78, 5) is 13.1. The minimum atomic E-state index is -0.481. The van der Waals surface area contributed by atoms with Crippen molar-refractivity contribution in [3.05, 3.63) is 11.6 Å². The van der Waals surface area contributed by atoms with Crippen molar-refractivity contribution in [2.24, 2.45) is 28.6 Å². The second kappa shape index (κ2) is 6.44. The van der Waals surface area contributed by atoms with Crippen LogP contribution in [-0.2, 0) is 14.3 Å². The van der Waals surface area contributed by atoms with E-state index in [1.165, 1.54) is 25.7 Å². The Bertz CT molecular complexity index is 603. The molecule has 0 aromatic rings. The largest absolute Gasteiger partial charge is 0.348 e. The molecule has 0 aromatic carbocycles. The molecule has 3 saturated carbocycles. The maximum atomic E-state index is 13.1. The van der Waals surface area contributed by atoms with Crippen LogP contribution in [0.25, 0.3) is 0 Å². The average molecular weight is 361 g/mol. The van der Waals surface area contributed by atoms with Gasteiger partial charge < -0.3 is 9.47 Å². The van der Waals surface area contributed by atoms with Gasteiger partial charge in [0.1, 0.15) is 5.78 Å². The number of ketones is 1. The smallest absolute Gasteiger partial charge is 0.165 e. The molecule has 4 aliphatic rings.